The van der Waals surface area contributed by atoms with E-state index in [1.54, 1.807) is 11.8 Å². The van der Waals surface area contributed by atoms with E-state index in [-0.39, 0.29) is 0 Å². The van der Waals surface area contributed by atoms with Gasteiger partial charge < -0.3 is 19.4 Å². The van der Waals surface area contributed by atoms with Gasteiger partial charge in [0.15, 0.2) is 0 Å². The molecule has 4 fully saturated rings. The summed E-state index contributed by atoms with van der Waals surface area (Å²) in [4.78, 5) is 25.9. The molecule has 2 bridgehead atoms. The predicted octanol–water partition coefficient (Wildman–Crippen LogP) is 8.13. The maximum Gasteiger partial charge on any atom is 0.342 e. The third-order valence-corrected chi connectivity index (χ3v) is 10.5. The summed E-state index contributed by atoms with van der Waals surface area (Å²) in [7, 11) is 0. The molecular weight excluding hydrogens is 548 g/mol. The van der Waals surface area contributed by atoms with Crippen LogP contribution >= 0.6 is 0 Å². The minimum atomic E-state index is -0.602. The lowest BCUT2D eigenvalue weighted by Crippen LogP contribution is -2.61. The molecule has 3 saturated carbocycles. The molecule has 8 rings (SSSR count). The molecule has 4 aliphatic carbocycles. The fourth-order valence-corrected chi connectivity index (χ4v) is 8.52. The van der Waals surface area contributed by atoms with Crippen LogP contribution in [-0.4, -0.2) is 59.2 Å². The average molecular weight is 597 g/mol. The van der Waals surface area contributed by atoms with E-state index in [0.717, 1.165) is 49.4 Å². The monoisotopic (exact) mass is 596 g/mol. The van der Waals surface area contributed by atoms with E-state index in [0.29, 0.717) is 33.3 Å². The van der Waals surface area contributed by atoms with Crippen molar-refractivity contribution in [2.24, 2.45) is 16.2 Å². The topological polar surface area (TPSA) is 70.7 Å². The number of pyridine rings is 1. The molecule has 0 amide bonds. The number of rotatable bonds is 7. The summed E-state index contributed by atoms with van der Waals surface area (Å²) < 4.78 is 12.1. The largest absolute Gasteiger partial charge is 0.456 e. The van der Waals surface area contributed by atoms with Crippen molar-refractivity contribution in [3.8, 4) is 11.5 Å². The molecule has 3 aromatic rings. The van der Waals surface area contributed by atoms with E-state index < -0.39 is 11.6 Å². The van der Waals surface area contributed by atoms with Gasteiger partial charge >= 0.3 is 5.97 Å². The maximum absolute atomic E-state index is 13.2. The molecule has 7 heteroatoms. The molecule has 1 saturated heterocycles. The predicted molar refractivity (Wildman–Crippen MR) is 175 cm³/mol. The Morgan fingerprint density at radius 1 is 1.02 bits per heavy atom. The first-order chi connectivity index (χ1) is 20.8. The number of hydrogen-bond acceptors (Lipinski definition) is 6. The Labute approximate surface area is 262 Å². The van der Waals surface area contributed by atoms with Gasteiger partial charge in [-0.05, 0) is 99.8 Å². The second-order valence-corrected chi connectivity index (χ2v) is 16.2. The van der Waals surface area contributed by atoms with Gasteiger partial charge in [0.05, 0.1) is 6.20 Å². The molecule has 1 aliphatic heterocycles. The minimum absolute atomic E-state index is 0.392. The van der Waals surface area contributed by atoms with E-state index in [9.17, 15) is 4.79 Å². The number of nitrogens with one attached hydrogen (secondary N) is 1. The van der Waals surface area contributed by atoms with Crippen molar-refractivity contribution in [1.82, 2.24) is 14.9 Å². The smallest absolute Gasteiger partial charge is 0.342 e. The van der Waals surface area contributed by atoms with E-state index >= 15 is 0 Å². The summed E-state index contributed by atoms with van der Waals surface area (Å²) in [5.41, 5.74) is 6.88. The standard InChI is InChI=1S/C37H48N4O3/c1-34(2,3)44-33(42)29-8-7-27(18-31(29)43-28-17-25-10-12-38-32(25)39-20-28)41-15-13-40(14-16-41)21-26-9-11-35(4,5)19-30(26)37-22-36(6,23-37)24-37/h7-8,10,12,17-18,20H,9,11,13-16,19,21-24H2,1-6H3,(H,38,39). The number of aromatic amines is 1. The number of fused-ring (bicyclic) bond motifs is 1. The van der Waals surface area contributed by atoms with Crippen LogP contribution in [0.25, 0.3) is 11.0 Å². The molecule has 0 spiro atoms. The van der Waals surface area contributed by atoms with Gasteiger partial charge in [-0.2, -0.15) is 0 Å². The van der Waals surface area contributed by atoms with Gasteiger partial charge in [-0.25, -0.2) is 9.78 Å². The van der Waals surface area contributed by atoms with Crippen LogP contribution in [0.3, 0.4) is 0 Å². The molecule has 1 aromatic carbocycles. The number of ether oxygens (including phenoxy) is 2. The normalized spacial score (nSPS) is 26.7. The Hall–Kier alpha value is -3.32. The number of esters is 1. The first-order valence-electron chi connectivity index (χ1n) is 16.5. The molecule has 0 atom stereocenters. The summed E-state index contributed by atoms with van der Waals surface area (Å²) in [6.07, 6.45) is 11.7. The van der Waals surface area contributed by atoms with Crippen LogP contribution in [0.1, 0.15) is 90.4 Å². The summed E-state index contributed by atoms with van der Waals surface area (Å²) in [6, 6.07) is 9.76. The van der Waals surface area contributed by atoms with Crippen molar-refractivity contribution in [2.75, 3.05) is 37.6 Å². The zero-order valence-corrected chi connectivity index (χ0v) is 27.4. The number of anilines is 1. The SMILES string of the molecule is CC1(C)CCC(CN2CCN(c3ccc(C(=O)OC(C)(C)C)c(Oc4cnc5[nH]ccc5c4)c3)CC2)=C(C23CC(C)(C2)C3)C1. The highest BCUT2D eigenvalue weighted by Gasteiger charge is 2.66. The molecule has 3 heterocycles. The van der Waals surface area contributed by atoms with Gasteiger partial charge in [0.25, 0.3) is 0 Å². The molecule has 0 unspecified atom stereocenters. The van der Waals surface area contributed by atoms with Crippen molar-refractivity contribution in [3.63, 3.8) is 0 Å². The van der Waals surface area contributed by atoms with Gasteiger partial charge in [0, 0.05) is 56.1 Å². The quantitative estimate of drug-likeness (QED) is 0.219. The Morgan fingerprint density at radius 2 is 1.77 bits per heavy atom. The summed E-state index contributed by atoms with van der Waals surface area (Å²) in [5, 5.41) is 0.955. The molecule has 7 nitrogen and oxygen atoms in total. The Bertz CT molecular complexity index is 1600. The zero-order chi connectivity index (χ0) is 30.9. The first-order valence-corrected chi connectivity index (χ1v) is 16.5. The summed E-state index contributed by atoms with van der Waals surface area (Å²) >= 11 is 0. The Morgan fingerprint density at radius 3 is 2.48 bits per heavy atom. The number of H-pyrrole nitrogens is 1. The highest BCUT2D eigenvalue weighted by atomic mass is 16.6. The fourth-order valence-electron chi connectivity index (χ4n) is 8.52. The van der Waals surface area contributed by atoms with E-state index in [1.807, 2.05) is 62.9 Å². The lowest BCUT2D eigenvalue weighted by Gasteiger charge is -2.72. The van der Waals surface area contributed by atoms with Crippen molar-refractivity contribution >= 4 is 22.7 Å². The van der Waals surface area contributed by atoms with Crippen molar-refractivity contribution in [1.29, 1.82) is 0 Å². The van der Waals surface area contributed by atoms with Crippen LogP contribution in [0.2, 0.25) is 0 Å². The van der Waals surface area contributed by atoms with Crippen molar-refractivity contribution in [3.05, 3.63) is 59.4 Å². The first kappa shape index (κ1) is 29.4. The number of hydrogen-bond donors (Lipinski definition) is 1. The van der Waals surface area contributed by atoms with Crippen LogP contribution in [0.5, 0.6) is 11.5 Å². The number of carbonyl (C=O) groups excluding carboxylic acids is 1. The van der Waals surface area contributed by atoms with Gasteiger partial charge in [-0.15, -0.1) is 0 Å². The van der Waals surface area contributed by atoms with Gasteiger partial charge in [-0.1, -0.05) is 31.9 Å². The van der Waals surface area contributed by atoms with E-state index in [4.69, 9.17) is 9.47 Å². The third kappa shape index (κ3) is 5.64. The fraction of sp³-hybridized carbons (Fsp3) is 0.568. The van der Waals surface area contributed by atoms with Crippen LogP contribution < -0.4 is 9.64 Å². The molecule has 234 valence electrons. The lowest BCUT2D eigenvalue weighted by atomic mass is 9.33. The molecule has 44 heavy (non-hydrogen) atoms. The molecule has 2 aromatic heterocycles. The van der Waals surface area contributed by atoms with Gasteiger partial charge in [0.2, 0.25) is 0 Å². The second-order valence-electron chi connectivity index (χ2n) is 16.2. The molecule has 1 N–H and O–H groups in total. The average Bonchev–Trinajstić information content (AvgIpc) is 3.39. The number of carbonyl (C=O) groups is 1. The maximum atomic E-state index is 13.2. The van der Waals surface area contributed by atoms with Crippen LogP contribution in [0, 0.1) is 16.2 Å². The number of aromatic nitrogens is 2. The number of nitrogens with zero attached hydrogens (tertiary/aromatic N) is 3. The molecule has 0 radical (unpaired) electrons. The highest BCUT2D eigenvalue weighted by Crippen LogP contribution is 2.77. The Balaban J connectivity index is 1.07. The second kappa shape index (κ2) is 10.4. The lowest BCUT2D eigenvalue weighted by molar-refractivity contribution is -0.167. The number of piperazine rings is 1. The molecule has 5 aliphatic rings. The van der Waals surface area contributed by atoms with Gasteiger partial charge in [0.1, 0.15) is 28.3 Å². The van der Waals surface area contributed by atoms with Crippen molar-refractivity contribution in [2.45, 2.75) is 85.7 Å². The molecular formula is C37H48N4O3. The van der Waals surface area contributed by atoms with E-state index in [2.05, 4.69) is 40.5 Å². The van der Waals surface area contributed by atoms with Crippen LogP contribution in [0.4, 0.5) is 5.69 Å². The highest BCUT2D eigenvalue weighted by molar-refractivity contribution is 5.93. The Kier molecular flexibility index (Phi) is 6.92. The van der Waals surface area contributed by atoms with Crippen LogP contribution in [0.15, 0.2) is 53.9 Å². The third-order valence-electron chi connectivity index (χ3n) is 10.5. The number of benzene rings is 1. The minimum Gasteiger partial charge on any atom is -0.456 e. The van der Waals surface area contributed by atoms with E-state index in [1.165, 1.54) is 38.5 Å². The van der Waals surface area contributed by atoms with Crippen molar-refractivity contribution < 1.29 is 14.3 Å². The zero-order valence-electron chi connectivity index (χ0n) is 27.4. The summed E-state index contributed by atoms with van der Waals surface area (Å²) in [6.45, 7) is 18.1. The van der Waals surface area contributed by atoms with Crippen LogP contribution in [-0.2, 0) is 4.74 Å². The summed E-state index contributed by atoms with van der Waals surface area (Å²) in [5.74, 6) is 0.682. The number of allylic oxidation sites excluding steroid dienone is 1. The van der Waals surface area contributed by atoms with Gasteiger partial charge in [-0.3, -0.25) is 4.90 Å².